The van der Waals surface area contributed by atoms with Crippen molar-refractivity contribution in [1.82, 2.24) is 0 Å². The molecule has 1 aromatic rings. The van der Waals surface area contributed by atoms with Gasteiger partial charge in [-0.1, -0.05) is 39.0 Å². The molecule has 2 N–H and O–H groups in total. The van der Waals surface area contributed by atoms with Crippen molar-refractivity contribution in [2.75, 3.05) is 0 Å². The van der Waals surface area contributed by atoms with Gasteiger partial charge in [-0.25, -0.2) is 0 Å². The van der Waals surface area contributed by atoms with Crippen molar-refractivity contribution in [3.63, 3.8) is 0 Å². The van der Waals surface area contributed by atoms with Crippen LogP contribution in [0, 0.1) is 0 Å². The van der Waals surface area contributed by atoms with E-state index in [0.29, 0.717) is 12.8 Å². The Morgan fingerprint density at radius 1 is 1.32 bits per heavy atom. The molecule has 19 heavy (non-hydrogen) atoms. The Bertz CT molecular complexity index is 505. The summed E-state index contributed by atoms with van der Waals surface area (Å²) < 4.78 is 0. The third kappa shape index (κ3) is 3.40. The predicted octanol–water partition coefficient (Wildman–Crippen LogP) is 4.24. The highest BCUT2D eigenvalue weighted by Crippen LogP contribution is 2.41. The van der Waals surface area contributed by atoms with Gasteiger partial charge in [0.05, 0.1) is 0 Å². The number of phenols is 2. The summed E-state index contributed by atoms with van der Waals surface area (Å²) in [6.45, 7) is 15.6. The summed E-state index contributed by atoms with van der Waals surface area (Å²) in [7, 11) is 0. The zero-order valence-electron chi connectivity index (χ0n) is 12.4. The SMILES string of the molecule is C=CCc1c(O)c(CC(=C)C)cc(O)c1C(C)(C)C. The molecule has 0 radical (unpaired) electrons. The largest absolute Gasteiger partial charge is 0.508 e. The predicted molar refractivity (Wildman–Crippen MR) is 80.9 cm³/mol. The van der Waals surface area contributed by atoms with Crippen molar-refractivity contribution in [1.29, 1.82) is 0 Å². The molecule has 0 aromatic heterocycles. The van der Waals surface area contributed by atoms with Crippen LogP contribution in [0.15, 0.2) is 30.9 Å². The first kappa shape index (κ1) is 15.4. The van der Waals surface area contributed by atoms with Crippen LogP contribution >= 0.6 is 0 Å². The van der Waals surface area contributed by atoms with Crippen molar-refractivity contribution in [2.45, 2.75) is 46.0 Å². The Morgan fingerprint density at radius 2 is 1.89 bits per heavy atom. The minimum Gasteiger partial charge on any atom is -0.508 e. The smallest absolute Gasteiger partial charge is 0.123 e. The zero-order valence-corrected chi connectivity index (χ0v) is 12.4. The van der Waals surface area contributed by atoms with Crippen LogP contribution in [0.25, 0.3) is 0 Å². The van der Waals surface area contributed by atoms with Crippen molar-refractivity contribution in [2.24, 2.45) is 0 Å². The molecule has 0 bridgehead atoms. The maximum absolute atomic E-state index is 10.4. The quantitative estimate of drug-likeness (QED) is 0.628. The van der Waals surface area contributed by atoms with Crippen LogP contribution in [-0.2, 0) is 18.3 Å². The summed E-state index contributed by atoms with van der Waals surface area (Å²) in [5, 5.41) is 20.7. The van der Waals surface area contributed by atoms with Crippen molar-refractivity contribution >= 4 is 0 Å². The number of aromatic hydroxyl groups is 2. The average Bonchev–Trinajstić information content (AvgIpc) is 2.22. The number of hydrogen-bond donors (Lipinski definition) is 2. The molecule has 2 heteroatoms. The lowest BCUT2D eigenvalue weighted by Gasteiger charge is -2.26. The van der Waals surface area contributed by atoms with Gasteiger partial charge in [-0.05, 0) is 31.2 Å². The molecule has 0 aliphatic heterocycles. The summed E-state index contributed by atoms with van der Waals surface area (Å²) in [6, 6.07) is 1.65. The van der Waals surface area contributed by atoms with Crippen LogP contribution in [0.3, 0.4) is 0 Å². The second-order valence-electron chi connectivity index (χ2n) is 6.13. The van der Waals surface area contributed by atoms with Crippen LogP contribution in [0.2, 0.25) is 0 Å². The highest BCUT2D eigenvalue weighted by atomic mass is 16.3. The van der Waals surface area contributed by atoms with Gasteiger partial charge in [-0.15, -0.1) is 6.58 Å². The molecule has 0 saturated heterocycles. The third-order valence-electron chi connectivity index (χ3n) is 3.05. The number of rotatable bonds is 4. The molecule has 0 aliphatic rings. The molecule has 1 aromatic carbocycles. The van der Waals surface area contributed by atoms with E-state index in [9.17, 15) is 10.2 Å². The van der Waals surface area contributed by atoms with E-state index in [-0.39, 0.29) is 16.9 Å². The van der Waals surface area contributed by atoms with E-state index < -0.39 is 0 Å². The molecule has 0 heterocycles. The highest BCUT2D eigenvalue weighted by Gasteiger charge is 2.25. The molecule has 104 valence electrons. The van der Waals surface area contributed by atoms with E-state index in [1.54, 1.807) is 12.1 Å². The summed E-state index contributed by atoms with van der Waals surface area (Å²) in [5.41, 5.74) is 2.98. The average molecular weight is 260 g/mol. The highest BCUT2D eigenvalue weighted by molar-refractivity contribution is 5.56. The Labute approximate surface area is 116 Å². The first-order chi connectivity index (χ1) is 8.68. The molecule has 0 saturated carbocycles. The maximum atomic E-state index is 10.4. The fourth-order valence-electron chi connectivity index (χ4n) is 2.41. The first-order valence-electron chi connectivity index (χ1n) is 6.51. The number of hydrogen-bond acceptors (Lipinski definition) is 2. The second-order valence-corrected chi connectivity index (χ2v) is 6.13. The maximum Gasteiger partial charge on any atom is 0.123 e. The molecule has 0 aliphatic carbocycles. The molecule has 0 amide bonds. The first-order valence-corrected chi connectivity index (χ1v) is 6.51. The zero-order chi connectivity index (χ0) is 14.8. The van der Waals surface area contributed by atoms with Gasteiger partial charge in [-0.2, -0.15) is 0 Å². The van der Waals surface area contributed by atoms with E-state index in [4.69, 9.17) is 0 Å². The molecule has 0 atom stereocenters. The Kier molecular flexibility index (Phi) is 4.46. The molecule has 2 nitrogen and oxygen atoms in total. The van der Waals surface area contributed by atoms with Crippen molar-refractivity contribution in [3.8, 4) is 11.5 Å². The van der Waals surface area contributed by atoms with E-state index in [2.05, 4.69) is 13.2 Å². The summed E-state index contributed by atoms with van der Waals surface area (Å²) >= 11 is 0. The summed E-state index contributed by atoms with van der Waals surface area (Å²) in [4.78, 5) is 0. The van der Waals surface area contributed by atoms with Gasteiger partial charge < -0.3 is 10.2 Å². The lowest BCUT2D eigenvalue weighted by molar-refractivity contribution is 0.426. The van der Waals surface area contributed by atoms with Crippen LogP contribution in [-0.4, -0.2) is 10.2 Å². The summed E-state index contributed by atoms with van der Waals surface area (Å²) in [5.74, 6) is 0.490. The van der Waals surface area contributed by atoms with Crippen LogP contribution in [0.4, 0.5) is 0 Å². The normalized spacial score (nSPS) is 11.4. The molecule has 0 fully saturated rings. The lowest BCUT2D eigenvalue weighted by atomic mass is 9.80. The second kappa shape index (κ2) is 5.52. The molecule has 0 unspecified atom stereocenters. The minimum absolute atomic E-state index is 0.234. The minimum atomic E-state index is -0.234. The number of benzene rings is 1. The fourth-order valence-corrected chi connectivity index (χ4v) is 2.41. The Hall–Kier alpha value is -1.70. The van der Waals surface area contributed by atoms with Gasteiger partial charge >= 0.3 is 0 Å². The molecule has 0 spiro atoms. The molecular formula is C17H24O2. The van der Waals surface area contributed by atoms with Gasteiger partial charge in [0.2, 0.25) is 0 Å². The van der Waals surface area contributed by atoms with E-state index >= 15 is 0 Å². The number of allylic oxidation sites excluding steroid dienone is 2. The summed E-state index contributed by atoms with van der Waals surface area (Å²) in [6.07, 6.45) is 2.85. The molecule has 1 rings (SSSR count). The van der Waals surface area contributed by atoms with Gasteiger partial charge in [0.25, 0.3) is 0 Å². The van der Waals surface area contributed by atoms with Crippen LogP contribution < -0.4 is 0 Å². The Morgan fingerprint density at radius 3 is 2.32 bits per heavy atom. The van der Waals surface area contributed by atoms with Crippen molar-refractivity contribution < 1.29 is 10.2 Å². The molecular weight excluding hydrogens is 236 g/mol. The van der Waals surface area contributed by atoms with Gasteiger partial charge in [0, 0.05) is 16.7 Å². The van der Waals surface area contributed by atoms with Gasteiger partial charge in [0.15, 0.2) is 0 Å². The van der Waals surface area contributed by atoms with Crippen LogP contribution in [0.5, 0.6) is 11.5 Å². The van der Waals surface area contributed by atoms with Crippen molar-refractivity contribution in [3.05, 3.63) is 47.6 Å². The topological polar surface area (TPSA) is 40.5 Å². The van der Waals surface area contributed by atoms with Gasteiger partial charge in [-0.3, -0.25) is 0 Å². The fraction of sp³-hybridized carbons (Fsp3) is 0.412. The van der Waals surface area contributed by atoms with E-state index in [1.165, 1.54) is 0 Å². The lowest BCUT2D eigenvalue weighted by Crippen LogP contribution is -2.15. The third-order valence-corrected chi connectivity index (χ3v) is 3.05. The monoisotopic (exact) mass is 260 g/mol. The van der Waals surface area contributed by atoms with Crippen LogP contribution in [0.1, 0.15) is 44.4 Å². The van der Waals surface area contributed by atoms with Gasteiger partial charge in [0.1, 0.15) is 11.5 Å². The Balaban J connectivity index is 3.54. The van der Waals surface area contributed by atoms with E-state index in [1.807, 2.05) is 27.7 Å². The van der Waals surface area contributed by atoms with E-state index in [0.717, 1.165) is 22.3 Å². The standard InChI is InChI=1S/C17H24O2/c1-7-8-13-15(17(4,5)6)14(18)10-12(16(13)19)9-11(2)3/h7,10,18-19H,1-2,8-9H2,3-6H3. The number of phenolic OH excluding ortho intramolecular Hbond substituents is 2.